The molecule has 1 N–H and O–H groups in total. The number of hydrogen-bond donors (Lipinski definition) is 1. The molecule has 15 heavy (non-hydrogen) atoms. The maximum absolute atomic E-state index is 5.50. The van der Waals surface area contributed by atoms with Crippen LogP contribution in [0.4, 0.5) is 0 Å². The highest BCUT2D eigenvalue weighted by Gasteiger charge is 2.13. The van der Waals surface area contributed by atoms with Crippen LogP contribution in [0.15, 0.2) is 6.07 Å². The van der Waals surface area contributed by atoms with E-state index in [0.29, 0.717) is 6.04 Å². The molecule has 86 valence electrons. The summed E-state index contributed by atoms with van der Waals surface area (Å²) in [5, 5.41) is 3.46. The SMILES string of the molecule is CCNC(COCC)c1cc(C)c(C)s1. The van der Waals surface area contributed by atoms with Gasteiger partial charge in [0.2, 0.25) is 0 Å². The lowest BCUT2D eigenvalue weighted by molar-refractivity contribution is 0.124. The second-order valence-corrected chi connectivity index (χ2v) is 4.95. The summed E-state index contributed by atoms with van der Waals surface area (Å²) in [5.41, 5.74) is 1.38. The minimum Gasteiger partial charge on any atom is -0.380 e. The quantitative estimate of drug-likeness (QED) is 0.806. The predicted octanol–water partition coefficient (Wildman–Crippen LogP) is 3.05. The smallest absolute Gasteiger partial charge is 0.0669 e. The molecule has 0 saturated heterocycles. The Bertz CT molecular complexity index is 276. The van der Waals surface area contributed by atoms with Gasteiger partial charge < -0.3 is 10.1 Å². The molecule has 0 aliphatic rings. The average molecular weight is 227 g/mol. The molecular weight excluding hydrogens is 206 g/mol. The average Bonchev–Trinajstić information content (AvgIpc) is 2.54. The normalized spacial score (nSPS) is 13.1. The Labute approximate surface area is 96.7 Å². The van der Waals surface area contributed by atoms with Crippen LogP contribution < -0.4 is 5.32 Å². The largest absolute Gasteiger partial charge is 0.380 e. The zero-order valence-corrected chi connectivity index (χ0v) is 10.9. The number of ether oxygens (including phenoxy) is 1. The maximum Gasteiger partial charge on any atom is 0.0669 e. The van der Waals surface area contributed by atoms with Crippen molar-refractivity contribution in [2.45, 2.75) is 33.7 Å². The minimum atomic E-state index is 0.354. The molecule has 1 heterocycles. The van der Waals surface area contributed by atoms with Gasteiger partial charge in [-0.25, -0.2) is 0 Å². The number of thiophene rings is 1. The van der Waals surface area contributed by atoms with Gasteiger partial charge in [-0.05, 0) is 38.9 Å². The van der Waals surface area contributed by atoms with E-state index in [1.807, 2.05) is 18.3 Å². The van der Waals surface area contributed by atoms with E-state index < -0.39 is 0 Å². The molecule has 0 aromatic carbocycles. The molecule has 1 atom stereocenters. The lowest BCUT2D eigenvalue weighted by atomic mass is 10.2. The first-order valence-corrected chi connectivity index (χ1v) is 6.38. The van der Waals surface area contributed by atoms with Gasteiger partial charge in [0.15, 0.2) is 0 Å². The fraction of sp³-hybridized carbons (Fsp3) is 0.667. The topological polar surface area (TPSA) is 21.3 Å². The first kappa shape index (κ1) is 12.7. The standard InChI is InChI=1S/C12H21NOS/c1-5-13-11(8-14-6-2)12-7-9(3)10(4)15-12/h7,11,13H,5-6,8H2,1-4H3. The summed E-state index contributed by atoms with van der Waals surface area (Å²) >= 11 is 1.87. The summed E-state index contributed by atoms with van der Waals surface area (Å²) in [4.78, 5) is 2.80. The first-order valence-electron chi connectivity index (χ1n) is 5.57. The van der Waals surface area contributed by atoms with E-state index in [1.54, 1.807) is 0 Å². The zero-order chi connectivity index (χ0) is 11.3. The fourth-order valence-electron chi connectivity index (χ4n) is 1.50. The first-order chi connectivity index (χ1) is 7.19. The van der Waals surface area contributed by atoms with Gasteiger partial charge in [0.05, 0.1) is 12.6 Å². The van der Waals surface area contributed by atoms with Gasteiger partial charge in [-0.2, -0.15) is 0 Å². The van der Waals surface area contributed by atoms with E-state index in [-0.39, 0.29) is 0 Å². The van der Waals surface area contributed by atoms with E-state index in [9.17, 15) is 0 Å². The van der Waals surface area contributed by atoms with Crippen LogP contribution >= 0.6 is 11.3 Å². The molecule has 1 aromatic rings. The number of hydrogen-bond acceptors (Lipinski definition) is 3. The highest BCUT2D eigenvalue weighted by atomic mass is 32.1. The fourth-order valence-corrected chi connectivity index (χ4v) is 2.60. The number of rotatable bonds is 6. The minimum absolute atomic E-state index is 0.354. The second-order valence-electron chi connectivity index (χ2n) is 3.66. The van der Waals surface area contributed by atoms with E-state index in [0.717, 1.165) is 19.8 Å². The maximum atomic E-state index is 5.50. The number of aryl methyl sites for hydroxylation is 2. The summed E-state index contributed by atoms with van der Waals surface area (Å²) in [7, 11) is 0. The summed E-state index contributed by atoms with van der Waals surface area (Å²) in [6.45, 7) is 11.0. The Morgan fingerprint density at radius 3 is 2.60 bits per heavy atom. The van der Waals surface area contributed by atoms with Crippen molar-refractivity contribution >= 4 is 11.3 Å². The van der Waals surface area contributed by atoms with E-state index in [4.69, 9.17) is 4.74 Å². The number of likely N-dealkylation sites (N-methyl/N-ethyl adjacent to an activating group) is 1. The molecule has 0 radical (unpaired) electrons. The predicted molar refractivity (Wildman–Crippen MR) is 66.7 cm³/mol. The molecule has 0 bridgehead atoms. The van der Waals surface area contributed by atoms with Gasteiger partial charge in [0.25, 0.3) is 0 Å². The van der Waals surface area contributed by atoms with Crippen LogP contribution in [0.25, 0.3) is 0 Å². The van der Waals surface area contributed by atoms with Crippen molar-refractivity contribution < 1.29 is 4.74 Å². The molecule has 3 heteroatoms. The van der Waals surface area contributed by atoms with Crippen LogP contribution in [0.1, 0.15) is 35.2 Å². The Hall–Kier alpha value is -0.380. The van der Waals surface area contributed by atoms with Crippen molar-refractivity contribution in [1.29, 1.82) is 0 Å². The molecule has 1 unspecified atom stereocenters. The Morgan fingerprint density at radius 1 is 1.40 bits per heavy atom. The highest BCUT2D eigenvalue weighted by molar-refractivity contribution is 7.12. The van der Waals surface area contributed by atoms with Crippen LogP contribution in [0, 0.1) is 13.8 Å². The molecule has 0 aliphatic carbocycles. The molecule has 0 amide bonds. The van der Waals surface area contributed by atoms with Crippen molar-refractivity contribution in [3.63, 3.8) is 0 Å². The van der Waals surface area contributed by atoms with Gasteiger partial charge in [0.1, 0.15) is 0 Å². The van der Waals surface area contributed by atoms with Crippen LogP contribution in [-0.4, -0.2) is 19.8 Å². The van der Waals surface area contributed by atoms with Crippen molar-refractivity contribution in [3.8, 4) is 0 Å². The van der Waals surface area contributed by atoms with Crippen LogP contribution in [-0.2, 0) is 4.74 Å². The van der Waals surface area contributed by atoms with Crippen LogP contribution in [0.2, 0.25) is 0 Å². The van der Waals surface area contributed by atoms with Crippen LogP contribution in [0.5, 0.6) is 0 Å². The third-order valence-electron chi connectivity index (χ3n) is 2.47. The molecular formula is C12H21NOS. The van der Waals surface area contributed by atoms with Crippen LogP contribution in [0.3, 0.4) is 0 Å². The van der Waals surface area contributed by atoms with Gasteiger partial charge >= 0.3 is 0 Å². The van der Waals surface area contributed by atoms with E-state index >= 15 is 0 Å². The summed E-state index contributed by atoms with van der Waals surface area (Å²) in [6, 6.07) is 2.62. The molecule has 0 fully saturated rings. The van der Waals surface area contributed by atoms with E-state index in [1.165, 1.54) is 15.3 Å². The molecule has 1 aromatic heterocycles. The van der Waals surface area contributed by atoms with E-state index in [2.05, 4.69) is 32.2 Å². The Kier molecular flexibility index (Phi) is 5.29. The second kappa shape index (κ2) is 6.26. The lowest BCUT2D eigenvalue weighted by Crippen LogP contribution is -2.24. The van der Waals surface area contributed by atoms with Crippen molar-refractivity contribution in [3.05, 3.63) is 21.4 Å². The summed E-state index contributed by atoms with van der Waals surface area (Å²) in [6.07, 6.45) is 0. The molecule has 2 nitrogen and oxygen atoms in total. The van der Waals surface area contributed by atoms with Crippen molar-refractivity contribution in [2.24, 2.45) is 0 Å². The molecule has 0 saturated carbocycles. The monoisotopic (exact) mass is 227 g/mol. The Balaban J connectivity index is 2.69. The molecule has 1 rings (SSSR count). The summed E-state index contributed by atoms with van der Waals surface area (Å²) < 4.78 is 5.50. The van der Waals surface area contributed by atoms with Gasteiger partial charge in [-0.3, -0.25) is 0 Å². The number of nitrogens with one attached hydrogen (secondary N) is 1. The molecule has 0 spiro atoms. The third kappa shape index (κ3) is 3.59. The van der Waals surface area contributed by atoms with Gasteiger partial charge in [-0.15, -0.1) is 11.3 Å². The summed E-state index contributed by atoms with van der Waals surface area (Å²) in [5.74, 6) is 0. The van der Waals surface area contributed by atoms with Crippen molar-refractivity contribution in [2.75, 3.05) is 19.8 Å². The third-order valence-corrected chi connectivity index (χ3v) is 3.73. The van der Waals surface area contributed by atoms with Gasteiger partial charge in [-0.1, -0.05) is 6.92 Å². The highest BCUT2D eigenvalue weighted by Crippen LogP contribution is 2.26. The van der Waals surface area contributed by atoms with Crippen molar-refractivity contribution in [1.82, 2.24) is 5.32 Å². The molecule has 0 aliphatic heterocycles. The lowest BCUT2D eigenvalue weighted by Gasteiger charge is -2.15. The zero-order valence-electron chi connectivity index (χ0n) is 10.1. The Morgan fingerprint density at radius 2 is 2.13 bits per heavy atom. The van der Waals surface area contributed by atoms with Gasteiger partial charge in [0, 0.05) is 16.4 Å².